The molecule has 1 aromatic carbocycles. The van der Waals surface area contributed by atoms with Crippen molar-refractivity contribution in [1.82, 2.24) is 15.5 Å². The summed E-state index contributed by atoms with van der Waals surface area (Å²) in [5.74, 6) is 1.38. The predicted molar refractivity (Wildman–Crippen MR) is 91.9 cm³/mol. The van der Waals surface area contributed by atoms with Gasteiger partial charge in [0.05, 0.1) is 37.2 Å². The van der Waals surface area contributed by atoms with Gasteiger partial charge in [0.2, 0.25) is 0 Å². The Morgan fingerprint density at radius 3 is 2.78 bits per heavy atom. The van der Waals surface area contributed by atoms with Crippen LogP contribution in [-0.2, 0) is 0 Å². The van der Waals surface area contributed by atoms with Crippen LogP contribution in [0.2, 0.25) is 0 Å². The third kappa shape index (κ3) is 4.49. The Balaban J connectivity index is 2.14. The molecule has 3 N–H and O–H groups in total. The number of benzene rings is 1. The van der Waals surface area contributed by atoms with Crippen LogP contribution in [0.5, 0.6) is 5.75 Å². The SMILES string of the molecule is COc1ccc(-c2[nH]ncc2C(=O)N[C@@H](CO)CCSC)cc1. The van der Waals surface area contributed by atoms with Gasteiger partial charge in [-0.3, -0.25) is 9.89 Å². The number of thioether (sulfide) groups is 1. The number of amides is 1. The second kappa shape index (κ2) is 8.59. The first-order valence-electron chi connectivity index (χ1n) is 7.28. The summed E-state index contributed by atoms with van der Waals surface area (Å²) in [5.41, 5.74) is 1.95. The first-order chi connectivity index (χ1) is 11.2. The van der Waals surface area contributed by atoms with E-state index in [2.05, 4.69) is 15.5 Å². The molecule has 6 nitrogen and oxygen atoms in total. The van der Waals surface area contributed by atoms with Crippen molar-refractivity contribution >= 4 is 17.7 Å². The number of aliphatic hydroxyl groups excluding tert-OH is 1. The van der Waals surface area contributed by atoms with E-state index in [-0.39, 0.29) is 18.6 Å². The van der Waals surface area contributed by atoms with E-state index in [0.29, 0.717) is 11.3 Å². The van der Waals surface area contributed by atoms with Gasteiger partial charge in [-0.15, -0.1) is 0 Å². The number of carbonyl (C=O) groups excluding carboxylic acids is 1. The summed E-state index contributed by atoms with van der Waals surface area (Å²) < 4.78 is 5.13. The van der Waals surface area contributed by atoms with Crippen molar-refractivity contribution in [2.75, 3.05) is 25.7 Å². The second-order valence-electron chi connectivity index (χ2n) is 5.02. The van der Waals surface area contributed by atoms with Gasteiger partial charge in [0.15, 0.2) is 0 Å². The fourth-order valence-corrected chi connectivity index (χ4v) is 2.69. The minimum Gasteiger partial charge on any atom is -0.497 e. The number of nitrogens with zero attached hydrogens (tertiary/aromatic N) is 1. The lowest BCUT2D eigenvalue weighted by Gasteiger charge is -2.15. The Morgan fingerprint density at radius 2 is 2.17 bits per heavy atom. The number of methoxy groups -OCH3 is 1. The Labute approximate surface area is 139 Å². The number of hydrogen-bond acceptors (Lipinski definition) is 5. The number of H-pyrrole nitrogens is 1. The second-order valence-corrected chi connectivity index (χ2v) is 6.01. The summed E-state index contributed by atoms with van der Waals surface area (Å²) in [4.78, 5) is 12.4. The average molecular weight is 335 g/mol. The minimum atomic E-state index is -0.256. The molecule has 1 amide bonds. The lowest BCUT2D eigenvalue weighted by Crippen LogP contribution is -2.38. The van der Waals surface area contributed by atoms with E-state index in [1.165, 1.54) is 6.20 Å². The average Bonchev–Trinajstić information content (AvgIpc) is 3.08. The fourth-order valence-electron chi connectivity index (χ4n) is 2.17. The largest absolute Gasteiger partial charge is 0.497 e. The quantitative estimate of drug-likeness (QED) is 0.686. The molecule has 0 spiro atoms. The third-order valence-corrected chi connectivity index (χ3v) is 4.13. The first-order valence-corrected chi connectivity index (χ1v) is 8.67. The van der Waals surface area contributed by atoms with Gasteiger partial charge in [-0.1, -0.05) is 0 Å². The lowest BCUT2D eigenvalue weighted by atomic mass is 10.1. The number of carbonyl (C=O) groups is 1. The Hall–Kier alpha value is -1.99. The molecule has 1 aromatic heterocycles. The van der Waals surface area contributed by atoms with Crippen LogP contribution in [0.1, 0.15) is 16.8 Å². The molecule has 1 heterocycles. The van der Waals surface area contributed by atoms with Crippen LogP contribution in [0.4, 0.5) is 0 Å². The molecule has 0 saturated heterocycles. The summed E-state index contributed by atoms with van der Waals surface area (Å²) in [7, 11) is 1.60. The Morgan fingerprint density at radius 1 is 1.43 bits per heavy atom. The van der Waals surface area contributed by atoms with Crippen molar-refractivity contribution in [3.05, 3.63) is 36.0 Å². The molecule has 0 fully saturated rings. The molecule has 0 bridgehead atoms. The standard InChI is InChI=1S/C16H21N3O3S/c1-22-13-5-3-11(4-6-13)15-14(9-17-19-15)16(21)18-12(10-20)7-8-23-2/h3-6,9,12,20H,7-8,10H2,1-2H3,(H,17,19)(H,18,21)/t12-/m1/s1. The van der Waals surface area contributed by atoms with E-state index < -0.39 is 0 Å². The molecule has 0 aliphatic rings. The molecule has 2 aromatic rings. The molecular weight excluding hydrogens is 314 g/mol. The van der Waals surface area contributed by atoms with Crippen LogP contribution >= 0.6 is 11.8 Å². The molecule has 1 atom stereocenters. The first kappa shape index (κ1) is 17.4. The molecular formula is C16H21N3O3S. The highest BCUT2D eigenvalue weighted by atomic mass is 32.2. The van der Waals surface area contributed by atoms with E-state index in [4.69, 9.17) is 4.74 Å². The lowest BCUT2D eigenvalue weighted by molar-refractivity contribution is 0.0916. The van der Waals surface area contributed by atoms with E-state index >= 15 is 0 Å². The van der Waals surface area contributed by atoms with Gasteiger partial charge in [-0.2, -0.15) is 16.9 Å². The van der Waals surface area contributed by atoms with Crippen LogP contribution in [0.3, 0.4) is 0 Å². The van der Waals surface area contributed by atoms with Crippen molar-refractivity contribution in [3.63, 3.8) is 0 Å². The van der Waals surface area contributed by atoms with Gasteiger partial charge in [0.25, 0.3) is 5.91 Å². The molecule has 7 heteroatoms. The van der Waals surface area contributed by atoms with Crippen LogP contribution in [0.15, 0.2) is 30.5 Å². The predicted octanol–water partition coefficient (Wildman–Crippen LogP) is 1.93. The number of hydrogen-bond donors (Lipinski definition) is 3. The van der Waals surface area contributed by atoms with Crippen molar-refractivity contribution in [2.45, 2.75) is 12.5 Å². The third-order valence-electron chi connectivity index (χ3n) is 3.49. The highest BCUT2D eigenvalue weighted by molar-refractivity contribution is 7.98. The summed E-state index contributed by atoms with van der Waals surface area (Å²) in [6.45, 7) is -0.0813. The fraction of sp³-hybridized carbons (Fsp3) is 0.375. The maximum atomic E-state index is 12.4. The zero-order valence-electron chi connectivity index (χ0n) is 13.2. The Bertz CT molecular complexity index is 628. The number of ether oxygens (including phenoxy) is 1. The number of rotatable bonds is 8. The normalized spacial score (nSPS) is 12.0. The van der Waals surface area contributed by atoms with E-state index in [1.807, 2.05) is 30.5 Å². The van der Waals surface area contributed by atoms with Crippen molar-refractivity contribution in [2.24, 2.45) is 0 Å². The van der Waals surface area contributed by atoms with Gasteiger partial charge in [0.1, 0.15) is 5.75 Å². The van der Waals surface area contributed by atoms with Gasteiger partial charge < -0.3 is 15.2 Å². The van der Waals surface area contributed by atoms with E-state index in [9.17, 15) is 9.90 Å². The van der Waals surface area contributed by atoms with Crippen molar-refractivity contribution < 1.29 is 14.6 Å². The molecule has 2 rings (SSSR count). The maximum Gasteiger partial charge on any atom is 0.255 e. The number of nitrogens with one attached hydrogen (secondary N) is 2. The van der Waals surface area contributed by atoms with Crippen molar-refractivity contribution in [1.29, 1.82) is 0 Å². The molecule has 124 valence electrons. The summed E-state index contributed by atoms with van der Waals surface area (Å²) in [6, 6.07) is 7.12. The maximum absolute atomic E-state index is 12.4. The number of aromatic amines is 1. The zero-order chi connectivity index (χ0) is 16.7. The topological polar surface area (TPSA) is 87.2 Å². The summed E-state index contributed by atoms with van der Waals surface area (Å²) in [5, 5.41) is 19.1. The minimum absolute atomic E-state index is 0.0813. The number of aromatic nitrogens is 2. The molecule has 0 aliphatic carbocycles. The molecule has 23 heavy (non-hydrogen) atoms. The van der Waals surface area contributed by atoms with E-state index in [0.717, 1.165) is 23.5 Å². The van der Waals surface area contributed by atoms with Crippen LogP contribution < -0.4 is 10.1 Å². The van der Waals surface area contributed by atoms with Gasteiger partial charge >= 0.3 is 0 Å². The molecule has 0 aliphatic heterocycles. The molecule has 0 unspecified atom stereocenters. The van der Waals surface area contributed by atoms with E-state index in [1.54, 1.807) is 18.9 Å². The van der Waals surface area contributed by atoms with Crippen LogP contribution in [0, 0.1) is 0 Å². The number of aliphatic hydroxyl groups is 1. The monoisotopic (exact) mass is 335 g/mol. The smallest absolute Gasteiger partial charge is 0.255 e. The summed E-state index contributed by atoms with van der Waals surface area (Å²) in [6.07, 6.45) is 4.21. The Kier molecular flexibility index (Phi) is 6.49. The molecule has 0 saturated carbocycles. The summed E-state index contributed by atoms with van der Waals surface area (Å²) >= 11 is 1.68. The van der Waals surface area contributed by atoms with Crippen LogP contribution in [0.25, 0.3) is 11.3 Å². The zero-order valence-corrected chi connectivity index (χ0v) is 14.0. The van der Waals surface area contributed by atoms with Gasteiger partial charge in [-0.05, 0) is 42.7 Å². The van der Waals surface area contributed by atoms with Gasteiger partial charge in [0, 0.05) is 5.56 Å². The molecule has 0 radical (unpaired) electrons. The van der Waals surface area contributed by atoms with Crippen molar-refractivity contribution in [3.8, 4) is 17.0 Å². The van der Waals surface area contributed by atoms with Gasteiger partial charge in [-0.25, -0.2) is 0 Å². The van der Waals surface area contributed by atoms with Crippen LogP contribution in [-0.4, -0.2) is 53.0 Å². The highest BCUT2D eigenvalue weighted by Crippen LogP contribution is 2.23. The highest BCUT2D eigenvalue weighted by Gasteiger charge is 2.18.